The van der Waals surface area contributed by atoms with Crippen LogP contribution in [0.25, 0.3) is 0 Å². The summed E-state index contributed by atoms with van der Waals surface area (Å²) in [6.45, 7) is 2.07. The second-order valence-corrected chi connectivity index (χ2v) is 4.37. The summed E-state index contributed by atoms with van der Waals surface area (Å²) >= 11 is 0. The number of alkyl halides is 2. The zero-order chi connectivity index (χ0) is 12.5. The second kappa shape index (κ2) is 4.39. The third kappa shape index (κ3) is 2.78. The molecule has 1 aliphatic heterocycles. The van der Waals surface area contributed by atoms with Gasteiger partial charge in [-0.05, 0) is 18.6 Å². The minimum atomic E-state index is -2.63. The number of amides is 1. The fourth-order valence-corrected chi connectivity index (χ4v) is 1.79. The Hall–Kier alpha value is -1.52. The summed E-state index contributed by atoms with van der Waals surface area (Å²) in [6.07, 6.45) is 1.08. The van der Waals surface area contributed by atoms with E-state index in [0.717, 1.165) is 5.56 Å². The van der Waals surface area contributed by atoms with Crippen LogP contribution < -0.4 is 0 Å². The Labute approximate surface area is 98.5 Å². The number of pyridine rings is 1. The largest absolute Gasteiger partial charge is 0.337 e. The molecule has 1 aromatic heterocycles. The Morgan fingerprint density at radius 3 is 2.53 bits per heavy atom. The lowest BCUT2D eigenvalue weighted by Crippen LogP contribution is -2.42. The van der Waals surface area contributed by atoms with Crippen LogP contribution in [0.4, 0.5) is 8.78 Å². The molecule has 5 heteroatoms. The first kappa shape index (κ1) is 12.0. The summed E-state index contributed by atoms with van der Waals surface area (Å²) in [4.78, 5) is 17.4. The highest BCUT2D eigenvalue weighted by Gasteiger charge is 2.35. The number of carbonyl (C=O) groups is 1. The predicted molar refractivity (Wildman–Crippen MR) is 59.1 cm³/mol. The lowest BCUT2D eigenvalue weighted by atomic mass is 10.1. The van der Waals surface area contributed by atoms with Crippen molar-refractivity contribution in [2.24, 2.45) is 0 Å². The first-order valence-electron chi connectivity index (χ1n) is 5.58. The molecular formula is C12H14F2N2O. The van der Waals surface area contributed by atoms with Gasteiger partial charge in [-0.25, -0.2) is 8.78 Å². The molecule has 0 atom stereocenters. The molecule has 0 saturated carbocycles. The van der Waals surface area contributed by atoms with E-state index < -0.39 is 5.92 Å². The maximum absolute atomic E-state index is 12.9. The van der Waals surface area contributed by atoms with Crippen LogP contribution in [-0.2, 0) is 0 Å². The fraction of sp³-hybridized carbons (Fsp3) is 0.500. The topological polar surface area (TPSA) is 33.2 Å². The van der Waals surface area contributed by atoms with Gasteiger partial charge in [-0.15, -0.1) is 0 Å². The smallest absolute Gasteiger partial charge is 0.272 e. The maximum Gasteiger partial charge on any atom is 0.272 e. The number of hydrogen-bond donors (Lipinski definition) is 0. The van der Waals surface area contributed by atoms with Crippen LogP contribution in [-0.4, -0.2) is 34.8 Å². The molecular weight excluding hydrogens is 226 g/mol. The molecule has 0 unspecified atom stereocenters. The molecule has 2 rings (SSSR count). The number of halogens is 2. The zero-order valence-electron chi connectivity index (χ0n) is 9.62. The highest BCUT2D eigenvalue weighted by molar-refractivity contribution is 5.92. The number of nitrogens with zero attached hydrogens (tertiary/aromatic N) is 2. The van der Waals surface area contributed by atoms with Gasteiger partial charge in [0.1, 0.15) is 5.69 Å². The molecule has 92 valence electrons. The van der Waals surface area contributed by atoms with E-state index in [4.69, 9.17) is 0 Å². The van der Waals surface area contributed by atoms with Crippen LogP contribution in [0, 0.1) is 6.92 Å². The molecule has 1 fully saturated rings. The van der Waals surface area contributed by atoms with E-state index in [1.54, 1.807) is 18.3 Å². The molecule has 1 amide bonds. The molecule has 0 aliphatic carbocycles. The molecule has 2 heterocycles. The third-order valence-electron chi connectivity index (χ3n) is 2.91. The van der Waals surface area contributed by atoms with Crippen molar-refractivity contribution in [2.45, 2.75) is 25.7 Å². The van der Waals surface area contributed by atoms with Crippen LogP contribution in [0.15, 0.2) is 18.3 Å². The lowest BCUT2D eigenvalue weighted by molar-refractivity contribution is -0.0495. The van der Waals surface area contributed by atoms with Crippen molar-refractivity contribution >= 4 is 5.91 Å². The van der Waals surface area contributed by atoms with Crippen molar-refractivity contribution in [1.29, 1.82) is 0 Å². The minimum Gasteiger partial charge on any atom is -0.337 e. The SMILES string of the molecule is Cc1ccc(C(=O)N2CCC(F)(F)CC2)nc1. The molecule has 0 N–H and O–H groups in total. The minimum absolute atomic E-state index is 0.0986. The van der Waals surface area contributed by atoms with Crippen LogP contribution in [0.2, 0.25) is 0 Å². The number of piperidine rings is 1. The number of likely N-dealkylation sites (tertiary alicyclic amines) is 1. The van der Waals surface area contributed by atoms with Crippen molar-refractivity contribution < 1.29 is 13.6 Å². The van der Waals surface area contributed by atoms with Crippen LogP contribution in [0.5, 0.6) is 0 Å². The molecule has 17 heavy (non-hydrogen) atoms. The van der Waals surface area contributed by atoms with Crippen LogP contribution in [0.3, 0.4) is 0 Å². The van der Waals surface area contributed by atoms with E-state index in [-0.39, 0.29) is 31.8 Å². The number of hydrogen-bond acceptors (Lipinski definition) is 2. The van der Waals surface area contributed by atoms with Crippen LogP contribution >= 0.6 is 0 Å². The molecule has 0 bridgehead atoms. The van der Waals surface area contributed by atoms with E-state index in [0.29, 0.717) is 5.69 Å². The van der Waals surface area contributed by atoms with E-state index in [2.05, 4.69) is 4.98 Å². The molecule has 1 saturated heterocycles. The zero-order valence-corrected chi connectivity index (χ0v) is 9.62. The second-order valence-electron chi connectivity index (χ2n) is 4.37. The molecule has 1 aromatic rings. The lowest BCUT2D eigenvalue weighted by Gasteiger charge is -2.31. The Bertz CT molecular complexity index is 407. The van der Waals surface area contributed by atoms with Gasteiger partial charge in [0.25, 0.3) is 11.8 Å². The highest BCUT2D eigenvalue weighted by atomic mass is 19.3. The number of aromatic nitrogens is 1. The molecule has 0 radical (unpaired) electrons. The number of aryl methyl sites for hydroxylation is 1. The van der Waals surface area contributed by atoms with Crippen molar-refractivity contribution in [1.82, 2.24) is 9.88 Å². The van der Waals surface area contributed by atoms with Gasteiger partial charge in [-0.2, -0.15) is 0 Å². The normalized spacial score (nSPS) is 19.1. The van der Waals surface area contributed by atoms with Gasteiger partial charge < -0.3 is 4.90 Å². The average molecular weight is 240 g/mol. The number of rotatable bonds is 1. The van der Waals surface area contributed by atoms with Gasteiger partial charge in [0.05, 0.1) is 0 Å². The molecule has 0 spiro atoms. The summed E-state index contributed by atoms with van der Waals surface area (Å²) in [5, 5.41) is 0. The third-order valence-corrected chi connectivity index (χ3v) is 2.91. The van der Waals surface area contributed by atoms with Gasteiger partial charge in [-0.3, -0.25) is 9.78 Å². The van der Waals surface area contributed by atoms with Crippen molar-refractivity contribution in [3.05, 3.63) is 29.6 Å². The maximum atomic E-state index is 12.9. The van der Waals surface area contributed by atoms with E-state index in [1.165, 1.54) is 4.90 Å². The standard InChI is InChI=1S/C12H14F2N2O/c1-9-2-3-10(15-8-9)11(17)16-6-4-12(13,14)5-7-16/h2-3,8H,4-7H2,1H3. The monoisotopic (exact) mass is 240 g/mol. The Kier molecular flexibility index (Phi) is 3.09. The summed E-state index contributed by atoms with van der Waals surface area (Å²) in [7, 11) is 0. The first-order chi connectivity index (χ1) is 7.98. The van der Waals surface area contributed by atoms with Crippen LogP contribution in [0.1, 0.15) is 28.9 Å². The van der Waals surface area contributed by atoms with E-state index in [9.17, 15) is 13.6 Å². The molecule has 0 aromatic carbocycles. The summed E-state index contributed by atoms with van der Waals surface area (Å²) in [5.74, 6) is -2.89. The van der Waals surface area contributed by atoms with E-state index in [1.807, 2.05) is 6.92 Å². The van der Waals surface area contributed by atoms with Gasteiger partial charge in [0, 0.05) is 32.1 Å². The molecule has 3 nitrogen and oxygen atoms in total. The van der Waals surface area contributed by atoms with Gasteiger partial charge >= 0.3 is 0 Å². The summed E-state index contributed by atoms with van der Waals surface area (Å²) in [5.41, 5.74) is 1.28. The highest BCUT2D eigenvalue weighted by Crippen LogP contribution is 2.28. The van der Waals surface area contributed by atoms with Crippen molar-refractivity contribution in [2.75, 3.05) is 13.1 Å². The van der Waals surface area contributed by atoms with Crippen molar-refractivity contribution in [3.8, 4) is 0 Å². The molecule has 1 aliphatic rings. The van der Waals surface area contributed by atoms with Gasteiger partial charge in [-0.1, -0.05) is 6.07 Å². The predicted octanol–water partition coefficient (Wildman–Crippen LogP) is 2.26. The van der Waals surface area contributed by atoms with E-state index >= 15 is 0 Å². The summed E-state index contributed by atoms with van der Waals surface area (Å²) < 4.78 is 25.9. The Morgan fingerprint density at radius 1 is 1.35 bits per heavy atom. The fourth-order valence-electron chi connectivity index (χ4n) is 1.79. The first-order valence-corrected chi connectivity index (χ1v) is 5.58. The summed E-state index contributed by atoms with van der Waals surface area (Å²) in [6, 6.07) is 3.42. The van der Waals surface area contributed by atoms with Gasteiger partial charge in [0.15, 0.2) is 0 Å². The van der Waals surface area contributed by atoms with Gasteiger partial charge in [0.2, 0.25) is 0 Å². The van der Waals surface area contributed by atoms with Crippen molar-refractivity contribution in [3.63, 3.8) is 0 Å². The Morgan fingerprint density at radius 2 is 2.00 bits per heavy atom. The number of carbonyl (C=O) groups excluding carboxylic acids is 1. The average Bonchev–Trinajstić information content (AvgIpc) is 2.29. The quantitative estimate of drug-likeness (QED) is 0.754. The Balaban J connectivity index is 2.04.